The summed E-state index contributed by atoms with van der Waals surface area (Å²) in [6.45, 7) is 0.711. The smallest absolute Gasteiger partial charge is 0.134 e. The van der Waals surface area contributed by atoms with Crippen LogP contribution in [0.15, 0.2) is 12.1 Å². The Morgan fingerprint density at radius 2 is 2.07 bits per heavy atom. The zero-order valence-corrected chi connectivity index (χ0v) is 8.94. The Kier molecular flexibility index (Phi) is 4.65. The summed E-state index contributed by atoms with van der Waals surface area (Å²) in [5, 5.41) is 2.86. The topological polar surface area (TPSA) is 21.3 Å². The molecule has 84 valence electrons. The first kappa shape index (κ1) is 12.1. The molecule has 0 amide bonds. The quantitative estimate of drug-likeness (QED) is 0.809. The fraction of sp³-hybridized carbons (Fsp3) is 0.455. The molecule has 0 aliphatic heterocycles. The molecule has 1 aromatic carbocycles. The molecule has 4 heteroatoms. The summed E-state index contributed by atoms with van der Waals surface area (Å²) in [6.07, 6.45) is 0.339. The van der Waals surface area contributed by atoms with E-state index in [9.17, 15) is 8.78 Å². The predicted molar refractivity (Wildman–Crippen MR) is 54.7 cm³/mol. The molecule has 0 unspecified atom stereocenters. The average Bonchev–Trinajstić information content (AvgIpc) is 2.22. The number of benzene rings is 1. The van der Waals surface area contributed by atoms with Crippen LogP contribution in [0, 0.1) is 11.6 Å². The predicted octanol–water partition coefficient (Wildman–Crippen LogP) is 1.87. The molecule has 0 heterocycles. The number of likely N-dealkylation sites (N-methyl/N-ethyl adjacent to an activating group) is 1. The molecular weight excluding hydrogens is 200 g/mol. The Hall–Kier alpha value is -1.00. The van der Waals surface area contributed by atoms with Gasteiger partial charge in [-0.2, -0.15) is 0 Å². The third kappa shape index (κ3) is 2.97. The zero-order chi connectivity index (χ0) is 11.3. The highest BCUT2D eigenvalue weighted by molar-refractivity contribution is 5.27. The van der Waals surface area contributed by atoms with Gasteiger partial charge in [0.05, 0.1) is 6.61 Å². The van der Waals surface area contributed by atoms with Crippen LogP contribution >= 0.6 is 0 Å². The van der Waals surface area contributed by atoms with Crippen molar-refractivity contribution in [3.8, 4) is 0 Å². The number of halogens is 2. The minimum Gasteiger partial charge on any atom is -0.380 e. The summed E-state index contributed by atoms with van der Waals surface area (Å²) in [5.41, 5.74) is 0.518. The summed E-state index contributed by atoms with van der Waals surface area (Å²) < 4.78 is 31.8. The van der Waals surface area contributed by atoms with Gasteiger partial charge in [-0.05, 0) is 26.1 Å². The first-order chi connectivity index (χ1) is 7.20. The minimum absolute atomic E-state index is 0.124. The lowest BCUT2D eigenvalue weighted by atomic mass is 10.1. The Labute approximate surface area is 88.3 Å². The van der Waals surface area contributed by atoms with Crippen LogP contribution in [0.1, 0.15) is 11.1 Å². The molecular formula is C11H15F2NO. The van der Waals surface area contributed by atoms with E-state index in [1.54, 1.807) is 7.05 Å². The molecule has 0 saturated heterocycles. The molecule has 0 saturated carbocycles. The third-order valence-corrected chi connectivity index (χ3v) is 2.19. The number of nitrogens with one attached hydrogen (secondary N) is 1. The van der Waals surface area contributed by atoms with Gasteiger partial charge in [0.25, 0.3) is 0 Å². The second-order valence-electron chi connectivity index (χ2n) is 3.29. The maximum Gasteiger partial charge on any atom is 0.134 e. The van der Waals surface area contributed by atoms with Gasteiger partial charge < -0.3 is 10.1 Å². The van der Waals surface area contributed by atoms with Crippen LogP contribution in [0.4, 0.5) is 8.78 Å². The van der Waals surface area contributed by atoms with Crippen molar-refractivity contribution in [2.24, 2.45) is 0 Å². The fourth-order valence-electron chi connectivity index (χ4n) is 1.39. The Morgan fingerprint density at radius 3 is 2.67 bits per heavy atom. The molecule has 1 N–H and O–H groups in total. The van der Waals surface area contributed by atoms with E-state index in [1.165, 1.54) is 19.2 Å². The van der Waals surface area contributed by atoms with E-state index in [0.717, 1.165) is 0 Å². The van der Waals surface area contributed by atoms with E-state index in [0.29, 0.717) is 18.5 Å². The Balaban J connectivity index is 2.95. The van der Waals surface area contributed by atoms with Gasteiger partial charge in [0.1, 0.15) is 11.6 Å². The molecule has 1 rings (SSSR count). The fourth-order valence-corrected chi connectivity index (χ4v) is 1.39. The lowest BCUT2D eigenvalue weighted by molar-refractivity contribution is 0.181. The van der Waals surface area contributed by atoms with E-state index in [2.05, 4.69) is 5.32 Å². The number of hydrogen-bond acceptors (Lipinski definition) is 2. The average molecular weight is 215 g/mol. The van der Waals surface area contributed by atoms with Gasteiger partial charge in [0.15, 0.2) is 0 Å². The highest BCUT2D eigenvalue weighted by Gasteiger charge is 2.12. The molecule has 0 atom stereocenters. The van der Waals surface area contributed by atoms with Gasteiger partial charge in [0.2, 0.25) is 0 Å². The van der Waals surface area contributed by atoms with Gasteiger partial charge in [-0.15, -0.1) is 0 Å². The maximum atomic E-state index is 13.7. The molecule has 0 aromatic heterocycles. The largest absolute Gasteiger partial charge is 0.380 e. The molecule has 0 fully saturated rings. The normalized spacial score (nSPS) is 10.7. The molecule has 0 spiro atoms. The monoisotopic (exact) mass is 215 g/mol. The van der Waals surface area contributed by atoms with Crippen LogP contribution in [-0.4, -0.2) is 20.7 Å². The standard InChI is InChI=1S/C11H15F2NO/c1-14-6-5-9-10(12)4-3-8(7-15-2)11(9)13/h3-4,14H,5-7H2,1-2H3. The molecule has 0 radical (unpaired) electrons. The lowest BCUT2D eigenvalue weighted by Gasteiger charge is -2.08. The highest BCUT2D eigenvalue weighted by Crippen LogP contribution is 2.17. The molecule has 2 nitrogen and oxygen atoms in total. The van der Waals surface area contributed by atoms with Crippen molar-refractivity contribution in [1.82, 2.24) is 5.32 Å². The van der Waals surface area contributed by atoms with Crippen molar-refractivity contribution < 1.29 is 13.5 Å². The van der Waals surface area contributed by atoms with Crippen molar-refractivity contribution in [3.05, 3.63) is 34.9 Å². The van der Waals surface area contributed by atoms with Crippen molar-refractivity contribution in [1.29, 1.82) is 0 Å². The van der Waals surface area contributed by atoms with Crippen molar-refractivity contribution in [2.45, 2.75) is 13.0 Å². The highest BCUT2D eigenvalue weighted by atomic mass is 19.1. The van der Waals surface area contributed by atoms with Gasteiger partial charge in [-0.3, -0.25) is 0 Å². The number of methoxy groups -OCH3 is 1. The van der Waals surface area contributed by atoms with E-state index >= 15 is 0 Å². The Bertz CT molecular complexity index is 329. The van der Waals surface area contributed by atoms with Crippen molar-refractivity contribution in [3.63, 3.8) is 0 Å². The number of hydrogen-bond donors (Lipinski definition) is 1. The van der Waals surface area contributed by atoms with Crippen molar-refractivity contribution >= 4 is 0 Å². The van der Waals surface area contributed by atoms with E-state index in [1.807, 2.05) is 0 Å². The molecule has 0 aliphatic rings. The number of rotatable bonds is 5. The van der Waals surface area contributed by atoms with Crippen LogP contribution in [-0.2, 0) is 17.8 Å². The summed E-state index contributed by atoms with van der Waals surface area (Å²) >= 11 is 0. The van der Waals surface area contributed by atoms with Gasteiger partial charge in [0, 0.05) is 18.2 Å². The van der Waals surface area contributed by atoms with Crippen LogP contribution in [0.3, 0.4) is 0 Å². The third-order valence-electron chi connectivity index (χ3n) is 2.19. The van der Waals surface area contributed by atoms with Crippen LogP contribution < -0.4 is 5.32 Å². The first-order valence-corrected chi connectivity index (χ1v) is 4.80. The second-order valence-corrected chi connectivity index (χ2v) is 3.29. The molecule has 0 bridgehead atoms. The zero-order valence-electron chi connectivity index (χ0n) is 8.94. The van der Waals surface area contributed by atoms with Crippen molar-refractivity contribution in [2.75, 3.05) is 20.7 Å². The lowest BCUT2D eigenvalue weighted by Crippen LogP contribution is -2.13. The molecule has 1 aromatic rings. The van der Waals surface area contributed by atoms with Crippen LogP contribution in [0.25, 0.3) is 0 Å². The van der Waals surface area contributed by atoms with E-state index in [-0.39, 0.29) is 12.2 Å². The second kappa shape index (κ2) is 5.78. The van der Waals surface area contributed by atoms with Crippen LogP contribution in [0.2, 0.25) is 0 Å². The Morgan fingerprint density at radius 1 is 1.33 bits per heavy atom. The summed E-state index contributed by atoms with van der Waals surface area (Å²) in [4.78, 5) is 0. The molecule has 15 heavy (non-hydrogen) atoms. The summed E-state index contributed by atoms with van der Waals surface area (Å²) in [5.74, 6) is -0.991. The van der Waals surface area contributed by atoms with E-state index in [4.69, 9.17) is 4.74 Å². The summed E-state index contributed by atoms with van der Waals surface area (Å²) in [6, 6.07) is 2.69. The first-order valence-electron chi connectivity index (χ1n) is 4.80. The summed E-state index contributed by atoms with van der Waals surface area (Å²) in [7, 11) is 3.23. The van der Waals surface area contributed by atoms with Crippen LogP contribution in [0.5, 0.6) is 0 Å². The SMILES string of the molecule is CNCCc1c(F)ccc(COC)c1F. The molecule has 0 aliphatic carbocycles. The minimum atomic E-state index is -0.498. The van der Waals surface area contributed by atoms with Gasteiger partial charge in [-0.1, -0.05) is 6.07 Å². The van der Waals surface area contributed by atoms with E-state index < -0.39 is 11.6 Å². The maximum absolute atomic E-state index is 13.7. The van der Waals surface area contributed by atoms with Gasteiger partial charge >= 0.3 is 0 Å². The van der Waals surface area contributed by atoms with Gasteiger partial charge in [-0.25, -0.2) is 8.78 Å². The number of ether oxygens (including phenoxy) is 1.